The molecule has 0 N–H and O–H groups in total. The Morgan fingerprint density at radius 3 is 2.47 bits per heavy atom. The van der Waals surface area contributed by atoms with Crippen molar-refractivity contribution >= 4 is 52.5 Å². The summed E-state index contributed by atoms with van der Waals surface area (Å²) in [6, 6.07) is 31.3. The Labute approximate surface area is 225 Å². The average molecular weight is 513 g/mol. The Morgan fingerprint density at radius 1 is 0.816 bits per heavy atom. The monoisotopic (exact) mass is 512 g/mol. The summed E-state index contributed by atoms with van der Waals surface area (Å²) in [5.74, 6) is 0.987. The number of allylic oxidation sites excluding steroid dienone is 1. The van der Waals surface area contributed by atoms with Crippen LogP contribution < -0.4 is 20.2 Å². The zero-order valence-corrected chi connectivity index (χ0v) is 23.2. The van der Waals surface area contributed by atoms with E-state index in [0.717, 1.165) is 25.3 Å². The molecule has 1 aliphatic heterocycles. The highest BCUT2D eigenvalue weighted by Gasteiger charge is 2.30. The molecule has 3 aromatic carbocycles. The SMILES string of the molecule is CN1CN(c2cccc([Si](C)(C)c3ccc4c5c(n(-c6ccccn6)c4c3)C=CCC5)c2)c2ccccc21. The van der Waals surface area contributed by atoms with Gasteiger partial charge in [-0.1, -0.05) is 72.0 Å². The Hall–Kier alpha value is -4.09. The predicted octanol–water partition coefficient (Wildman–Crippen LogP) is 6.35. The van der Waals surface area contributed by atoms with Crippen molar-refractivity contribution in [2.45, 2.75) is 25.9 Å². The van der Waals surface area contributed by atoms with E-state index < -0.39 is 8.07 Å². The second-order valence-electron chi connectivity index (χ2n) is 11.0. The van der Waals surface area contributed by atoms with Crippen LogP contribution in [0.3, 0.4) is 0 Å². The van der Waals surface area contributed by atoms with Crippen molar-refractivity contribution in [3.63, 3.8) is 0 Å². The number of aromatic nitrogens is 2. The van der Waals surface area contributed by atoms with Crippen LogP contribution in [0.25, 0.3) is 22.8 Å². The van der Waals surface area contributed by atoms with Gasteiger partial charge < -0.3 is 9.80 Å². The van der Waals surface area contributed by atoms with Crippen LogP contribution in [0, 0.1) is 0 Å². The molecule has 0 spiro atoms. The van der Waals surface area contributed by atoms with Crippen LogP contribution in [0.4, 0.5) is 17.1 Å². The highest BCUT2D eigenvalue weighted by molar-refractivity contribution is 7.00. The van der Waals surface area contributed by atoms with Gasteiger partial charge in [-0.3, -0.25) is 4.57 Å². The number of benzene rings is 3. The molecule has 0 saturated heterocycles. The maximum atomic E-state index is 4.74. The summed E-state index contributed by atoms with van der Waals surface area (Å²) in [5, 5.41) is 4.24. The van der Waals surface area contributed by atoms with Gasteiger partial charge in [0, 0.05) is 24.3 Å². The van der Waals surface area contributed by atoms with Gasteiger partial charge >= 0.3 is 0 Å². The molecule has 0 atom stereocenters. The van der Waals surface area contributed by atoms with E-state index in [1.165, 1.54) is 49.6 Å². The normalized spacial score (nSPS) is 14.7. The molecule has 0 amide bonds. The largest absolute Gasteiger partial charge is 0.355 e. The van der Waals surface area contributed by atoms with Crippen molar-refractivity contribution in [3.8, 4) is 5.82 Å². The number of hydrogen-bond acceptors (Lipinski definition) is 3. The van der Waals surface area contributed by atoms with Crippen molar-refractivity contribution in [1.82, 2.24) is 9.55 Å². The first-order valence-corrected chi connectivity index (χ1v) is 16.5. The van der Waals surface area contributed by atoms with Crippen LogP contribution in [0.5, 0.6) is 0 Å². The Morgan fingerprint density at radius 2 is 1.63 bits per heavy atom. The number of para-hydroxylation sites is 2. The average Bonchev–Trinajstić information content (AvgIpc) is 3.48. The van der Waals surface area contributed by atoms with E-state index in [1.807, 2.05) is 12.3 Å². The lowest BCUT2D eigenvalue weighted by molar-refractivity contribution is 0.950. The molecule has 0 bridgehead atoms. The van der Waals surface area contributed by atoms with Crippen molar-refractivity contribution < 1.29 is 0 Å². The first-order chi connectivity index (χ1) is 18.5. The van der Waals surface area contributed by atoms with E-state index >= 15 is 0 Å². The minimum Gasteiger partial charge on any atom is -0.355 e. The fourth-order valence-corrected chi connectivity index (χ4v) is 8.54. The van der Waals surface area contributed by atoms with Crippen LogP contribution in [-0.4, -0.2) is 31.3 Å². The topological polar surface area (TPSA) is 24.3 Å². The third-order valence-corrected chi connectivity index (χ3v) is 11.9. The Kier molecular flexibility index (Phi) is 5.30. The smallest absolute Gasteiger partial charge is 0.137 e. The second-order valence-corrected chi connectivity index (χ2v) is 15.4. The molecule has 38 heavy (non-hydrogen) atoms. The molecule has 4 nitrogen and oxygen atoms in total. The molecule has 7 rings (SSSR count). The lowest BCUT2D eigenvalue weighted by Gasteiger charge is -2.27. The first-order valence-electron chi connectivity index (χ1n) is 13.5. The Bertz CT molecular complexity index is 1700. The number of rotatable bonds is 4. The van der Waals surface area contributed by atoms with Gasteiger partial charge in [-0.2, -0.15) is 0 Å². The number of aryl methyl sites for hydroxylation is 1. The zero-order valence-electron chi connectivity index (χ0n) is 22.2. The number of pyridine rings is 1. The molecule has 3 heterocycles. The van der Waals surface area contributed by atoms with E-state index in [0.29, 0.717) is 0 Å². The maximum Gasteiger partial charge on any atom is 0.137 e. The molecule has 0 radical (unpaired) electrons. The quantitative estimate of drug-likeness (QED) is 0.262. The van der Waals surface area contributed by atoms with Crippen molar-refractivity contribution in [2.75, 3.05) is 23.5 Å². The zero-order chi connectivity index (χ0) is 25.9. The van der Waals surface area contributed by atoms with Gasteiger partial charge in [0.05, 0.1) is 29.3 Å². The molecule has 188 valence electrons. The minimum atomic E-state index is -1.99. The summed E-state index contributed by atoms with van der Waals surface area (Å²) in [6.45, 7) is 5.82. The van der Waals surface area contributed by atoms with E-state index in [2.05, 4.69) is 126 Å². The molecule has 2 aliphatic rings. The van der Waals surface area contributed by atoms with Gasteiger partial charge in [-0.25, -0.2) is 4.98 Å². The second kappa shape index (κ2) is 8.74. The number of nitrogens with zero attached hydrogens (tertiary/aromatic N) is 4. The molecule has 0 fully saturated rings. The summed E-state index contributed by atoms with van der Waals surface area (Å²) in [4.78, 5) is 9.49. The number of anilines is 3. The van der Waals surface area contributed by atoms with Crippen LogP contribution >= 0.6 is 0 Å². The van der Waals surface area contributed by atoms with Crippen LogP contribution in [-0.2, 0) is 6.42 Å². The molecular formula is C33H32N4Si. The van der Waals surface area contributed by atoms with E-state index in [4.69, 9.17) is 4.98 Å². The van der Waals surface area contributed by atoms with Gasteiger partial charge in [0.25, 0.3) is 0 Å². The lowest BCUT2D eigenvalue weighted by Crippen LogP contribution is -2.53. The minimum absolute atomic E-state index is 0.868. The fraction of sp³-hybridized carbons (Fsp3) is 0.182. The number of hydrogen-bond donors (Lipinski definition) is 0. The Balaban J connectivity index is 1.34. The molecule has 5 heteroatoms. The molecule has 0 unspecified atom stereocenters. The first kappa shape index (κ1) is 23.1. The maximum absolute atomic E-state index is 4.74. The number of fused-ring (bicyclic) bond motifs is 4. The van der Waals surface area contributed by atoms with E-state index in [9.17, 15) is 0 Å². The molecule has 5 aromatic rings. The summed E-state index contributed by atoms with van der Waals surface area (Å²) >= 11 is 0. The fourth-order valence-electron chi connectivity index (χ4n) is 6.19. The van der Waals surface area contributed by atoms with Crippen LogP contribution in [0.15, 0.2) is 97.2 Å². The molecule has 1 aliphatic carbocycles. The summed E-state index contributed by atoms with van der Waals surface area (Å²) in [6.07, 6.45) is 8.64. The van der Waals surface area contributed by atoms with E-state index in [-0.39, 0.29) is 0 Å². The van der Waals surface area contributed by atoms with Crippen molar-refractivity contribution in [3.05, 3.63) is 108 Å². The lowest BCUT2D eigenvalue weighted by atomic mass is 10.0. The van der Waals surface area contributed by atoms with Gasteiger partial charge in [0.2, 0.25) is 0 Å². The van der Waals surface area contributed by atoms with Gasteiger partial charge in [-0.15, -0.1) is 0 Å². The summed E-state index contributed by atoms with van der Waals surface area (Å²) < 4.78 is 2.36. The van der Waals surface area contributed by atoms with Gasteiger partial charge in [0.1, 0.15) is 13.9 Å². The summed E-state index contributed by atoms with van der Waals surface area (Å²) in [5.41, 5.74) is 7.81. The highest BCUT2D eigenvalue weighted by atomic mass is 28.3. The van der Waals surface area contributed by atoms with Crippen molar-refractivity contribution in [1.29, 1.82) is 0 Å². The van der Waals surface area contributed by atoms with Gasteiger partial charge in [-0.05, 0) is 66.9 Å². The third-order valence-electron chi connectivity index (χ3n) is 8.37. The van der Waals surface area contributed by atoms with E-state index in [1.54, 1.807) is 0 Å². The molecule has 2 aromatic heterocycles. The standard InChI is InChI=1S/C33H32N4Si/c1-35-23-36(31-16-7-6-15-30(31)35)24-11-10-12-25(21-24)38(2,3)26-18-19-28-27-13-4-5-14-29(27)37(32(28)22-26)33-17-8-9-20-34-33/h5-12,14-22H,4,13,23H2,1-3H3. The summed E-state index contributed by atoms with van der Waals surface area (Å²) in [7, 11) is 0.176. The van der Waals surface area contributed by atoms with Crippen LogP contribution in [0.2, 0.25) is 13.1 Å². The van der Waals surface area contributed by atoms with Gasteiger partial charge in [0.15, 0.2) is 0 Å². The molecular weight excluding hydrogens is 480 g/mol. The van der Waals surface area contributed by atoms with Crippen LogP contribution in [0.1, 0.15) is 17.7 Å². The third kappa shape index (κ3) is 3.53. The highest BCUT2D eigenvalue weighted by Crippen LogP contribution is 2.39. The molecule has 0 saturated carbocycles. The predicted molar refractivity (Wildman–Crippen MR) is 163 cm³/mol. The van der Waals surface area contributed by atoms with Crippen molar-refractivity contribution in [2.24, 2.45) is 0 Å².